The SMILES string of the molecule is C=C=C=C(C)CC=C=C[C@@H](C)/C(C)=C1/C[C@H]1CNC=C. The van der Waals surface area contributed by atoms with Crippen LogP contribution in [0, 0.1) is 11.8 Å². The normalized spacial score (nSPS) is 19.6. The van der Waals surface area contributed by atoms with Crippen LogP contribution in [0.15, 0.2) is 65.4 Å². The van der Waals surface area contributed by atoms with Crippen molar-refractivity contribution in [2.24, 2.45) is 11.8 Å². The van der Waals surface area contributed by atoms with Gasteiger partial charge in [-0.05, 0) is 50.8 Å². The van der Waals surface area contributed by atoms with E-state index in [1.807, 2.05) is 13.0 Å². The van der Waals surface area contributed by atoms with E-state index in [9.17, 15) is 0 Å². The second-order valence-corrected chi connectivity index (χ2v) is 5.33. The van der Waals surface area contributed by atoms with Crippen LogP contribution in [0.1, 0.15) is 33.6 Å². The zero-order valence-corrected chi connectivity index (χ0v) is 12.9. The quantitative estimate of drug-likeness (QED) is 0.521. The first-order valence-electron chi connectivity index (χ1n) is 7.15. The largest absolute Gasteiger partial charge is 0.391 e. The first-order valence-corrected chi connectivity index (χ1v) is 7.15. The molecule has 1 rings (SSSR count). The van der Waals surface area contributed by atoms with E-state index < -0.39 is 0 Å². The van der Waals surface area contributed by atoms with Gasteiger partial charge in [0.25, 0.3) is 0 Å². The van der Waals surface area contributed by atoms with Crippen molar-refractivity contribution in [3.8, 4) is 0 Å². The molecule has 0 radical (unpaired) electrons. The highest BCUT2D eigenvalue weighted by atomic mass is 14.8. The zero-order valence-electron chi connectivity index (χ0n) is 12.9. The molecule has 0 aliphatic heterocycles. The molecule has 1 nitrogen and oxygen atoms in total. The van der Waals surface area contributed by atoms with Gasteiger partial charge >= 0.3 is 0 Å². The Hall–Kier alpha value is -1.90. The summed E-state index contributed by atoms with van der Waals surface area (Å²) >= 11 is 0. The molecule has 1 aliphatic rings. The molecular weight excluding hydrogens is 242 g/mol. The monoisotopic (exact) mass is 267 g/mol. The Morgan fingerprint density at radius 1 is 1.50 bits per heavy atom. The molecule has 0 aromatic carbocycles. The summed E-state index contributed by atoms with van der Waals surface area (Å²) in [5.41, 5.74) is 13.1. The third kappa shape index (κ3) is 5.39. The molecule has 0 amide bonds. The minimum absolute atomic E-state index is 0.453. The minimum Gasteiger partial charge on any atom is -0.391 e. The van der Waals surface area contributed by atoms with Crippen LogP contribution in [0.5, 0.6) is 0 Å². The summed E-state index contributed by atoms with van der Waals surface area (Å²) in [6.45, 7) is 14.7. The van der Waals surface area contributed by atoms with Gasteiger partial charge in [-0.15, -0.1) is 5.73 Å². The molecule has 1 saturated carbocycles. The van der Waals surface area contributed by atoms with Gasteiger partial charge < -0.3 is 5.32 Å². The Bertz CT molecular complexity index is 528. The molecule has 0 aromatic rings. The van der Waals surface area contributed by atoms with Gasteiger partial charge in [-0.3, -0.25) is 0 Å². The Morgan fingerprint density at radius 3 is 2.90 bits per heavy atom. The van der Waals surface area contributed by atoms with Crippen molar-refractivity contribution in [1.82, 2.24) is 5.32 Å². The van der Waals surface area contributed by atoms with E-state index in [0.717, 1.165) is 18.5 Å². The fraction of sp³-hybridized carbons (Fsp3) is 0.421. The maximum absolute atomic E-state index is 3.68. The van der Waals surface area contributed by atoms with Gasteiger partial charge in [0, 0.05) is 24.8 Å². The highest BCUT2D eigenvalue weighted by molar-refractivity contribution is 5.32. The summed E-state index contributed by atoms with van der Waals surface area (Å²) < 4.78 is 0. The van der Waals surface area contributed by atoms with Crippen LogP contribution in [0.4, 0.5) is 0 Å². The molecule has 0 bridgehead atoms. The molecule has 1 aliphatic carbocycles. The lowest BCUT2D eigenvalue weighted by molar-refractivity contribution is 0.760. The summed E-state index contributed by atoms with van der Waals surface area (Å²) in [5.74, 6) is 1.16. The van der Waals surface area contributed by atoms with E-state index in [-0.39, 0.29) is 0 Å². The molecule has 0 saturated heterocycles. The molecule has 0 aromatic heterocycles. The highest BCUT2D eigenvalue weighted by Crippen LogP contribution is 2.41. The fourth-order valence-corrected chi connectivity index (χ4v) is 2.15. The molecule has 0 unspecified atom stereocenters. The van der Waals surface area contributed by atoms with Crippen LogP contribution >= 0.6 is 0 Å². The summed E-state index contributed by atoms with van der Waals surface area (Å²) in [7, 11) is 0. The van der Waals surface area contributed by atoms with Crippen molar-refractivity contribution in [1.29, 1.82) is 0 Å². The smallest absolute Gasteiger partial charge is 0.0210 e. The highest BCUT2D eigenvalue weighted by Gasteiger charge is 2.31. The number of allylic oxidation sites excluding steroid dienone is 3. The zero-order chi connectivity index (χ0) is 15.0. The average Bonchev–Trinajstić information content (AvgIpc) is 3.20. The van der Waals surface area contributed by atoms with Gasteiger partial charge in [-0.1, -0.05) is 36.1 Å². The lowest BCUT2D eigenvalue weighted by Crippen LogP contribution is -2.08. The van der Waals surface area contributed by atoms with E-state index in [1.54, 1.807) is 11.8 Å². The molecule has 20 heavy (non-hydrogen) atoms. The summed E-state index contributed by atoms with van der Waals surface area (Å²) in [4.78, 5) is 0. The van der Waals surface area contributed by atoms with Crippen LogP contribution in [0.25, 0.3) is 0 Å². The van der Waals surface area contributed by atoms with E-state index in [0.29, 0.717) is 11.8 Å². The minimum atomic E-state index is 0.453. The van der Waals surface area contributed by atoms with Gasteiger partial charge in [-0.2, -0.15) is 0 Å². The Kier molecular flexibility index (Phi) is 6.71. The first-order chi connectivity index (χ1) is 9.60. The van der Waals surface area contributed by atoms with Gasteiger partial charge in [-0.25, -0.2) is 0 Å². The lowest BCUT2D eigenvalue weighted by atomic mass is 10.0. The van der Waals surface area contributed by atoms with Gasteiger partial charge in [0.2, 0.25) is 0 Å². The summed E-state index contributed by atoms with van der Waals surface area (Å²) in [5, 5.41) is 3.19. The maximum atomic E-state index is 3.68. The van der Waals surface area contributed by atoms with Crippen LogP contribution in [0.3, 0.4) is 0 Å². The van der Waals surface area contributed by atoms with Crippen LogP contribution in [-0.2, 0) is 0 Å². The van der Waals surface area contributed by atoms with Crippen molar-refractivity contribution in [3.05, 3.63) is 65.4 Å². The van der Waals surface area contributed by atoms with Crippen molar-refractivity contribution < 1.29 is 0 Å². The Morgan fingerprint density at radius 2 is 2.25 bits per heavy atom. The van der Waals surface area contributed by atoms with Crippen LogP contribution in [0.2, 0.25) is 0 Å². The predicted molar refractivity (Wildman–Crippen MR) is 87.3 cm³/mol. The fourth-order valence-electron chi connectivity index (χ4n) is 2.15. The second kappa shape index (κ2) is 8.31. The van der Waals surface area contributed by atoms with Crippen LogP contribution in [-0.4, -0.2) is 6.54 Å². The second-order valence-electron chi connectivity index (χ2n) is 5.33. The summed E-state index contributed by atoms with van der Waals surface area (Å²) in [6.07, 6.45) is 8.03. The molecule has 0 spiro atoms. The van der Waals surface area contributed by atoms with Gasteiger partial charge in [0.05, 0.1) is 0 Å². The van der Waals surface area contributed by atoms with E-state index in [4.69, 9.17) is 0 Å². The average molecular weight is 267 g/mol. The molecule has 1 fully saturated rings. The number of hydrogen-bond donors (Lipinski definition) is 1. The molecule has 1 N–H and O–H groups in total. The molecular formula is C19H25N. The third-order valence-electron chi connectivity index (χ3n) is 3.67. The molecule has 106 valence electrons. The van der Waals surface area contributed by atoms with Crippen molar-refractivity contribution in [2.45, 2.75) is 33.6 Å². The van der Waals surface area contributed by atoms with Crippen molar-refractivity contribution in [3.63, 3.8) is 0 Å². The molecule has 0 heterocycles. The topological polar surface area (TPSA) is 12.0 Å². The third-order valence-corrected chi connectivity index (χ3v) is 3.67. The molecule has 1 heteroatoms. The first kappa shape index (κ1) is 16.2. The van der Waals surface area contributed by atoms with E-state index >= 15 is 0 Å². The van der Waals surface area contributed by atoms with E-state index in [1.165, 1.54) is 12.0 Å². The van der Waals surface area contributed by atoms with Crippen LogP contribution < -0.4 is 5.32 Å². The van der Waals surface area contributed by atoms with E-state index in [2.05, 4.69) is 55.6 Å². The Labute approximate surface area is 123 Å². The number of nitrogens with one attached hydrogen (secondary N) is 1. The number of rotatable bonds is 7. The standard InChI is InChI=1S/C19H25N/c1-6-10-15(3)11-8-9-12-16(4)17(5)19-13-18(19)14-20-7-2/h7-8,12,16,18,20H,1-2,11,13-14H2,3-5H3/b19-17-/t9?,16-,18+/m1/s1. The lowest BCUT2D eigenvalue weighted by Gasteiger charge is -2.05. The van der Waals surface area contributed by atoms with Crippen molar-refractivity contribution >= 4 is 0 Å². The Balaban J connectivity index is 2.55. The van der Waals surface area contributed by atoms with Gasteiger partial charge in [0.15, 0.2) is 0 Å². The number of hydrogen-bond acceptors (Lipinski definition) is 1. The molecule has 2 atom stereocenters. The van der Waals surface area contributed by atoms with Crippen molar-refractivity contribution in [2.75, 3.05) is 6.54 Å². The predicted octanol–water partition coefficient (Wildman–Crippen LogP) is 4.68. The van der Waals surface area contributed by atoms with Gasteiger partial charge in [0.1, 0.15) is 0 Å². The maximum Gasteiger partial charge on any atom is 0.0210 e. The summed E-state index contributed by atoms with van der Waals surface area (Å²) in [6, 6.07) is 0.